The van der Waals surface area contributed by atoms with Crippen LogP contribution in [0.25, 0.3) is 10.8 Å². The number of halogens is 2. The van der Waals surface area contributed by atoms with Gasteiger partial charge in [0.1, 0.15) is 23.7 Å². The Labute approximate surface area is 347 Å². The van der Waals surface area contributed by atoms with Gasteiger partial charge in [0, 0.05) is 23.5 Å². The first-order valence-electron chi connectivity index (χ1n) is 20.3. The second-order valence-corrected chi connectivity index (χ2v) is 20.3. The minimum absolute atomic E-state index is 0. The van der Waals surface area contributed by atoms with Crippen LogP contribution in [0.15, 0.2) is 41.2 Å². The van der Waals surface area contributed by atoms with E-state index in [0.717, 1.165) is 13.8 Å². The molecule has 2 aliphatic heterocycles. The van der Waals surface area contributed by atoms with E-state index in [0.29, 0.717) is 49.8 Å². The molecule has 7 atom stereocenters. The normalized spacial score (nSPS) is 29.3. The molecule has 3 fully saturated rings. The van der Waals surface area contributed by atoms with Gasteiger partial charge in [-0.15, -0.1) is 5.10 Å². The fourth-order valence-electron chi connectivity index (χ4n) is 7.85. The number of amides is 4. The lowest BCUT2D eigenvalue weighted by Gasteiger charge is -2.35. The molecule has 59 heavy (non-hydrogen) atoms. The summed E-state index contributed by atoms with van der Waals surface area (Å²) in [5, 5.41) is 10.6. The Morgan fingerprint density at radius 2 is 1.73 bits per heavy atom. The van der Waals surface area contributed by atoms with Crippen molar-refractivity contribution in [2.75, 3.05) is 6.54 Å². The predicted molar refractivity (Wildman–Crippen MR) is 220 cm³/mol. The minimum atomic E-state index is -4.07. The molecule has 1 aromatic heterocycles. The van der Waals surface area contributed by atoms with Crippen LogP contribution in [0.4, 0.5) is 13.6 Å². The number of nitrogens with one attached hydrogen (secondary N) is 3. The number of carbonyl (C=O) groups excluding carboxylic acids is 4. The maximum Gasteiger partial charge on any atom is 0.408 e. The Morgan fingerprint density at radius 1 is 1.07 bits per heavy atom. The topological polar surface area (TPSA) is 195 Å². The van der Waals surface area contributed by atoms with E-state index in [1.165, 1.54) is 9.58 Å². The summed E-state index contributed by atoms with van der Waals surface area (Å²) in [6, 6.07) is 3.73. The highest BCUT2D eigenvalue weighted by Crippen LogP contribution is 2.47. The second kappa shape index (κ2) is 15.8. The number of alkyl halides is 2. The van der Waals surface area contributed by atoms with Crippen LogP contribution in [0, 0.1) is 17.8 Å². The fraction of sp³-hybridized carbons (Fsp3) is 0.659. The van der Waals surface area contributed by atoms with E-state index in [1.54, 1.807) is 58.0 Å². The molecule has 0 unspecified atom stereocenters. The summed E-state index contributed by atoms with van der Waals surface area (Å²) in [6.07, 6.45) is 3.92. The summed E-state index contributed by atoms with van der Waals surface area (Å²) in [5.41, 5.74) is -4.21. The molecule has 15 nitrogen and oxygen atoms in total. The van der Waals surface area contributed by atoms with E-state index in [4.69, 9.17) is 9.47 Å². The molecule has 0 spiro atoms. The van der Waals surface area contributed by atoms with Gasteiger partial charge < -0.3 is 25.0 Å². The van der Waals surface area contributed by atoms with Crippen molar-refractivity contribution in [2.45, 2.75) is 146 Å². The Kier molecular flexibility index (Phi) is 11.8. The number of allylic oxidation sites excluding steroid dienone is 1. The monoisotopic (exact) mass is 852 g/mol. The average Bonchev–Trinajstić information content (AvgIpc) is 4.02. The van der Waals surface area contributed by atoms with Gasteiger partial charge in [0.05, 0.1) is 28.1 Å². The Balaban J connectivity index is 0.00000341. The number of alkyl carbamates (subject to hydrolysis) is 1. The first-order chi connectivity index (χ1) is 27.4. The summed E-state index contributed by atoms with van der Waals surface area (Å²) < 4.78 is 69.3. The van der Waals surface area contributed by atoms with Gasteiger partial charge in [-0.3, -0.25) is 23.9 Å². The summed E-state index contributed by atoms with van der Waals surface area (Å²) in [4.78, 5) is 71.3. The third kappa shape index (κ3) is 8.83. The highest BCUT2D eigenvalue weighted by molar-refractivity contribution is 7.91. The highest BCUT2D eigenvalue weighted by Gasteiger charge is 2.63. The second-order valence-electron chi connectivity index (χ2n) is 18.1. The molecule has 2 aromatic rings. The van der Waals surface area contributed by atoms with Gasteiger partial charge >= 0.3 is 6.09 Å². The summed E-state index contributed by atoms with van der Waals surface area (Å²) in [7, 11) is -4.07. The van der Waals surface area contributed by atoms with Crippen LogP contribution < -0.4 is 25.7 Å². The Morgan fingerprint density at radius 3 is 2.36 bits per heavy atom. The highest BCUT2D eigenvalue weighted by atomic mass is 32.2. The Bertz CT molecular complexity index is 2220. The maximum absolute atomic E-state index is 14.9. The molecule has 3 heterocycles. The van der Waals surface area contributed by atoms with Crippen LogP contribution in [0.5, 0.6) is 5.88 Å². The molecule has 1 saturated heterocycles. The van der Waals surface area contributed by atoms with Gasteiger partial charge in [0.25, 0.3) is 17.4 Å². The number of ether oxygens (including phenoxy) is 2. The van der Waals surface area contributed by atoms with Crippen LogP contribution in [-0.4, -0.2) is 93.5 Å². The number of hydrogen-bond acceptors (Lipinski definition) is 10. The Hall–Kier alpha value is -4.61. The van der Waals surface area contributed by atoms with Crippen LogP contribution in [0.2, 0.25) is 0 Å². The number of rotatable bonds is 9. The minimum Gasteiger partial charge on any atom is -0.471 e. The number of nitrogens with zero attached hydrogens (tertiary/aromatic N) is 3. The zero-order valence-electron chi connectivity index (χ0n) is 34.8. The zero-order valence-corrected chi connectivity index (χ0v) is 35.7. The summed E-state index contributed by atoms with van der Waals surface area (Å²) >= 11 is 0. The van der Waals surface area contributed by atoms with Gasteiger partial charge in [-0.1, -0.05) is 38.1 Å². The lowest BCUT2D eigenvalue weighted by molar-refractivity contribution is -0.152. The molecule has 0 radical (unpaired) electrons. The number of aromatic nitrogens is 2. The molecule has 6 rings (SSSR count). The lowest BCUT2D eigenvalue weighted by atomic mass is 9.88. The lowest BCUT2D eigenvalue weighted by Crippen LogP contribution is -2.59. The van der Waals surface area contributed by atoms with Crippen molar-refractivity contribution in [3.63, 3.8) is 0 Å². The fourth-order valence-corrected chi connectivity index (χ4v) is 9.16. The third-order valence-corrected chi connectivity index (χ3v) is 14.6. The van der Waals surface area contributed by atoms with E-state index >= 15 is 0 Å². The van der Waals surface area contributed by atoms with Crippen LogP contribution in [0.3, 0.4) is 0 Å². The van der Waals surface area contributed by atoms with E-state index in [2.05, 4.69) is 20.5 Å². The van der Waals surface area contributed by atoms with Crippen molar-refractivity contribution in [2.24, 2.45) is 17.8 Å². The molecule has 1 aromatic carbocycles. The summed E-state index contributed by atoms with van der Waals surface area (Å²) in [5.74, 6) is -6.83. The number of carbonyl (C=O) groups is 4. The van der Waals surface area contributed by atoms with Crippen LogP contribution in [-0.2, 0) is 29.1 Å². The van der Waals surface area contributed by atoms with Gasteiger partial charge in [-0.25, -0.2) is 26.7 Å². The first-order valence-corrected chi connectivity index (χ1v) is 21.8. The molecule has 3 N–H and O–H groups in total. The van der Waals surface area contributed by atoms with Crippen molar-refractivity contribution in [3.8, 4) is 5.88 Å². The number of sulfonamides is 1. The largest absolute Gasteiger partial charge is 0.471 e. The average molecular weight is 853 g/mol. The smallest absolute Gasteiger partial charge is 0.408 e. The van der Waals surface area contributed by atoms with E-state index in [9.17, 15) is 41.2 Å². The molecule has 4 aliphatic rings. The predicted octanol–water partition coefficient (Wildman–Crippen LogP) is 5.48. The van der Waals surface area contributed by atoms with Gasteiger partial charge in [-0.2, -0.15) is 0 Å². The van der Waals surface area contributed by atoms with Crippen LogP contribution >= 0.6 is 0 Å². The number of benzene rings is 1. The first kappa shape index (κ1) is 44.0. The quantitative estimate of drug-likeness (QED) is 0.272. The molecular weight excluding hydrogens is 791 g/mol. The van der Waals surface area contributed by atoms with Gasteiger partial charge in [0.2, 0.25) is 27.7 Å². The maximum atomic E-state index is 14.9. The zero-order chi connectivity index (χ0) is 43.5. The molecule has 2 saturated carbocycles. The van der Waals surface area contributed by atoms with E-state index in [1.807, 2.05) is 13.0 Å². The number of hydrogen-bond donors (Lipinski definition) is 3. The van der Waals surface area contributed by atoms with Crippen molar-refractivity contribution < 1.29 is 50.1 Å². The van der Waals surface area contributed by atoms with Crippen molar-refractivity contribution in [1.82, 2.24) is 30.0 Å². The van der Waals surface area contributed by atoms with Crippen molar-refractivity contribution in [3.05, 3.63) is 46.8 Å². The molecular formula is C41H62F2N6O9S. The van der Waals surface area contributed by atoms with Gasteiger partial charge in [-0.05, 0) is 97.1 Å². The van der Waals surface area contributed by atoms with Crippen molar-refractivity contribution >= 4 is 44.6 Å². The summed E-state index contributed by atoms with van der Waals surface area (Å²) in [6.45, 7) is 11.4. The van der Waals surface area contributed by atoms with Crippen molar-refractivity contribution in [1.29, 1.82) is 0 Å². The van der Waals surface area contributed by atoms with E-state index in [-0.39, 0.29) is 47.1 Å². The standard InChI is InChI=1S/C41H56F2N6O9S.3H2/c1-23(2)49-34(51)29-16-12-11-15-28(29)33(46-49)57-27-20-30-32(50)45-41(36(53)47-59(55,56)39(7)17-18-39)21-26(41)14-10-9-13-24(3)19-25(4)31(35(52)48(30)22-27)44-37(54)58-38(5,6)40(8,42)43;;;/h10-12,14-16,23-27,30-31H,9,13,17-22H2,1-8H3,(H,44,54)(H,45,50)(H,47,53);3*1H/b14-10-;;;/t24-,25-,26-,27-,30+,31+,41-;;;/m1.../s1. The number of fused-ring (bicyclic) bond motifs is 3. The molecule has 18 heteroatoms. The molecule has 330 valence electrons. The molecule has 4 amide bonds. The third-order valence-electron chi connectivity index (χ3n) is 12.5. The van der Waals surface area contributed by atoms with Gasteiger partial charge in [0.15, 0.2) is 5.60 Å². The van der Waals surface area contributed by atoms with Crippen LogP contribution in [0.1, 0.15) is 111 Å². The van der Waals surface area contributed by atoms with E-state index < -0.39 is 85.7 Å². The molecule has 2 aliphatic carbocycles. The molecule has 0 bridgehead atoms. The SMILES string of the molecule is CC(C)n1nc(O[C@@H]2C[C@H]3C(=O)N[C@]4(C(=O)NS(=O)(=O)C5(C)CC5)C[C@H]4/C=C\CC[C@@H](C)C[C@@H](C)[C@H](NC(=O)OC(C)(C)C(C)(F)F)C(=O)N3C2)c2ccccc2c1=O.[HH].[HH].[HH].